The number of carbonyl (C=O) groups excluding carboxylic acids is 1. The molecule has 146 valence electrons. The van der Waals surface area contributed by atoms with Gasteiger partial charge in [0.1, 0.15) is 17.3 Å². The van der Waals surface area contributed by atoms with Crippen molar-refractivity contribution in [2.45, 2.75) is 64.5 Å². The van der Waals surface area contributed by atoms with Gasteiger partial charge in [-0.2, -0.15) is 5.10 Å². The van der Waals surface area contributed by atoms with E-state index >= 15 is 0 Å². The maximum Gasteiger partial charge on any atom is 0.228 e. The fourth-order valence-corrected chi connectivity index (χ4v) is 4.36. The average molecular weight is 370 g/mol. The molecule has 1 aliphatic heterocycles. The van der Waals surface area contributed by atoms with E-state index in [9.17, 15) is 4.79 Å². The lowest BCUT2D eigenvalue weighted by atomic mass is 10.0. The highest BCUT2D eigenvalue weighted by atomic mass is 16.3. The van der Waals surface area contributed by atoms with Crippen molar-refractivity contribution in [3.05, 3.63) is 35.9 Å². The lowest BCUT2D eigenvalue weighted by molar-refractivity contribution is -0.119. The summed E-state index contributed by atoms with van der Waals surface area (Å²) < 4.78 is 7.86. The molecule has 1 saturated heterocycles. The van der Waals surface area contributed by atoms with E-state index in [-0.39, 0.29) is 11.8 Å². The Morgan fingerprint density at radius 3 is 2.59 bits per heavy atom. The van der Waals surface area contributed by atoms with E-state index in [1.165, 1.54) is 12.8 Å². The average Bonchev–Trinajstić information content (AvgIpc) is 3.44. The minimum absolute atomic E-state index is 0.163. The monoisotopic (exact) mass is 370 g/mol. The van der Waals surface area contributed by atoms with Crippen molar-refractivity contribution in [2.24, 2.45) is 5.92 Å². The van der Waals surface area contributed by atoms with Gasteiger partial charge in [0, 0.05) is 31.5 Å². The first-order valence-electron chi connectivity index (χ1n) is 10.4. The second-order valence-electron chi connectivity index (χ2n) is 7.86. The normalized spacial score (nSPS) is 19.6. The van der Waals surface area contributed by atoms with Gasteiger partial charge in [-0.25, -0.2) is 4.68 Å². The zero-order valence-electron chi connectivity index (χ0n) is 16.2. The maximum atomic E-state index is 12.5. The smallest absolute Gasteiger partial charge is 0.228 e. The van der Waals surface area contributed by atoms with Gasteiger partial charge in [-0.15, -0.1) is 0 Å². The molecule has 2 fully saturated rings. The molecule has 0 atom stereocenters. The highest BCUT2D eigenvalue weighted by Crippen LogP contribution is 2.29. The molecule has 2 aromatic heterocycles. The van der Waals surface area contributed by atoms with Crippen LogP contribution in [0.3, 0.4) is 0 Å². The van der Waals surface area contributed by atoms with Crippen LogP contribution in [0, 0.1) is 5.92 Å². The van der Waals surface area contributed by atoms with Crippen LogP contribution < -0.4 is 5.32 Å². The third-order valence-electron chi connectivity index (χ3n) is 6.00. The van der Waals surface area contributed by atoms with Gasteiger partial charge in [-0.05, 0) is 37.8 Å². The lowest BCUT2D eigenvalue weighted by Gasteiger charge is -2.32. The van der Waals surface area contributed by atoms with Crippen molar-refractivity contribution in [1.29, 1.82) is 0 Å². The first kappa shape index (κ1) is 18.3. The van der Waals surface area contributed by atoms with Crippen LogP contribution in [-0.4, -0.2) is 33.7 Å². The van der Waals surface area contributed by atoms with Crippen molar-refractivity contribution >= 4 is 11.7 Å². The molecule has 27 heavy (non-hydrogen) atoms. The summed E-state index contributed by atoms with van der Waals surface area (Å²) in [4.78, 5) is 14.9. The van der Waals surface area contributed by atoms with E-state index in [2.05, 4.69) is 34.4 Å². The standard InChI is InChI=1S/C21H30N4O2/c1-2-18-7-8-19(27-18)15-24-13-10-17(11-14-24)25-20(9-12-22-25)23-21(26)16-5-3-4-6-16/h7-9,12,16-17H,2-6,10-11,13-15H2,1H3,(H,23,26). The number of nitrogens with zero attached hydrogens (tertiary/aromatic N) is 3. The molecule has 1 amide bonds. The maximum absolute atomic E-state index is 12.5. The summed E-state index contributed by atoms with van der Waals surface area (Å²) >= 11 is 0. The van der Waals surface area contributed by atoms with Gasteiger partial charge in [0.15, 0.2) is 0 Å². The van der Waals surface area contributed by atoms with Crippen LogP contribution >= 0.6 is 0 Å². The van der Waals surface area contributed by atoms with Crippen LogP contribution in [0.25, 0.3) is 0 Å². The van der Waals surface area contributed by atoms with Gasteiger partial charge in [0.05, 0.1) is 18.8 Å². The topological polar surface area (TPSA) is 63.3 Å². The van der Waals surface area contributed by atoms with Crippen molar-refractivity contribution < 1.29 is 9.21 Å². The van der Waals surface area contributed by atoms with Gasteiger partial charge >= 0.3 is 0 Å². The Morgan fingerprint density at radius 2 is 1.89 bits per heavy atom. The molecule has 1 saturated carbocycles. The third-order valence-corrected chi connectivity index (χ3v) is 6.00. The van der Waals surface area contributed by atoms with Gasteiger partial charge in [0.25, 0.3) is 0 Å². The molecular weight excluding hydrogens is 340 g/mol. The van der Waals surface area contributed by atoms with Crippen LogP contribution in [-0.2, 0) is 17.8 Å². The van der Waals surface area contributed by atoms with Crippen LogP contribution in [0.4, 0.5) is 5.82 Å². The molecule has 1 aliphatic carbocycles. The largest absolute Gasteiger partial charge is 0.465 e. The number of furan rings is 1. The van der Waals surface area contributed by atoms with E-state index in [0.29, 0.717) is 6.04 Å². The second-order valence-corrected chi connectivity index (χ2v) is 7.86. The summed E-state index contributed by atoms with van der Waals surface area (Å²) in [5, 5.41) is 7.63. The Hall–Kier alpha value is -2.08. The zero-order chi connectivity index (χ0) is 18.6. The first-order valence-corrected chi connectivity index (χ1v) is 10.4. The Balaban J connectivity index is 1.32. The second kappa shape index (κ2) is 8.30. The fourth-order valence-electron chi connectivity index (χ4n) is 4.36. The molecule has 0 aromatic carbocycles. The van der Waals surface area contributed by atoms with E-state index in [1.807, 2.05) is 10.7 Å². The number of nitrogens with one attached hydrogen (secondary N) is 1. The van der Waals surface area contributed by atoms with E-state index < -0.39 is 0 Å². The summed E-state index contributed by atoms with van der Waals surface area (Å²) in [5.74, 6) is 3.30. The number of rotatable bonds is 6. The van der Waals surface area contributed by atoms with Crippen molar-refractivity contribution in [3.8, 4) is 0 Å². The Labute approximate surface area is 160 Å². The van der Waals surface area contributed by atoms with Gasteiger partial charge in [0.2, 0.25) is 5.91 Å². The van der Waals surface area contributed by atoms with Crippen LogP contribution in [0.5, 0.6) is 0 Å². The molecule has 0 bridgehead atoms. The van der Waals surface area contributed by atoms with Crippen molar-refractivity contribution in [3.63, 3.8) is 0 Å². The fraction of sp³-hybridized carbons (Fsp3) is 0.619. The number of anilines is 1. The van der Waals surface area contributed by atoms with Crippen molar-refractivity contribution in [2.75, 3.05) is 18.4 Å². The Morgan fingerprint density at radius 1 is 1.15 bits per heavy atom. The number of carbonyl (C=O) groups is 1. The first-order chi connectivity index (χ1) is 13.2. The number of aryl methyl sites for hydroxylation is 1. The predicted octanol–water partition coefficient (Wildman–Crippen LogP) is 4.00. The molecule has 0 radical (unpaired) electrons. The number of hydrogen-bond acceptors (Lipinski definition) is 4. The molecule has 6 heteroatoms. The molecule has 2 aromatic rings. The zero-order valence-corrected chi connectivity index (χ0v) is 16.2. The predicted molar refractivity (Wildman–Crippen MR) is 104 cm³/mol. The number of aromatic nitrogens is 2. The van der Waals surface area contributed by atoms with E-state index in [0.717, 1.165) is 69.1 Å². The van der Waals surface area contributed by atoms with Gasteiger partial charge in [-0.3, -0.25) is 9.69 Å². The Kier molecular flexibility index (Phi) is 5.62. The van der Waals surface area contributed by atoms with Gasteiger partial charge in [-0.1, -0.05) is 19.8 Å². The molecular formula is C21H30N4O2. The number of likely N-dealkylation sites (tertiary alicyclic amines) is 1. The summed E-state index contributed by atoms with van der Waals surface area (Å²) in [6.45, 7) is 5.02. The van der Waals surface area contributed by atoms with E-state index in [4.69, 9.17) is 4.42 Å². The van der Waals surface area contributed by atoms with E-state index in [1.54, 1.807) is 6.20 Å². The third kappa shape index (κ3) is 4.26. The summed E-state index contributed by atoms with van der Waals surface area (Å²) in [5.41, 5.74) is 0. The molecule has 6 nitrogen and oxygen atoms in total. The quantitative estimate of drug-likeness (QED) is 0.835. The highest BCUT2D eigenvalue weighted by Gasteiger charge is 2.26. The molecule has 1 N–H and O–H groups in total. The summed E-state index contributed by atoms with van der Waals surface area (Å²) in [6, 6.07) is 6.44. The Bertz CT molecular complexity index is 752. The summed E-state index contributed by atoms with van der Waals surface area (Å²) in [7, 11) is 0. The van der Waals surface area contributed by atoms with Crippen LogP contribution in [0.15, 0.2) is 28.8 Å². The van der Waals surface area contributed by atoms with Crippen LogP contribution in [0.1, 0.15) is 63.0 Å². The lowest BCUT2D eigenvalue weighted by Crippen LogP contribution is -2.35. The number of amides is 1. The molecule has 3 heterocycles. The number of piperidine rings is 1. The minimum Gasteiger partial charge on any atom is -0.465 e. The minimum atomic E-state index is 0.163. The van der Waals surface area contributed by atoms with Gasteiger partial charge < -0.3 is 9.73 Å². The molecule has 2 aliphatic rings. The highest BCUT2D eigenvalue weighted by molar-refractivity contribution is 5.91. The SMILES string of the molecule is CCc1ccc(CN2CCC(n3nccc3NC(=O)C3CCCC3)CC2)o1. The summed E-state index contributed by atoms with van der Waals surface area (Å²) in [6.07, 6.45) is 9.19. The molecule has 0 unspecified atom stereocenters. The number of hydrogen-bond donors (Lipinski definition) is 1. The molecule has 0 spiro atoms. The van der Waals surface area contributed by atoms with Crippen LogP contribution in [0.2, 0.25) is 0 Å². The molecule has 4 rings (SSSR count). The van der Waals surface area contributed by atoms with Crippen molar-refractivity contribution in [1.82, 2.24) is 14.7 Å².